The molecule has 0 spiro atoms. The molecule has 0 fully saturated rings. The Morgan fingerprint density at radius 1 is 0.909 bits per heavy atom. The van der Waals surface area contributed by atoms with E-state index in [-0.39, 0.29) is 18.3 Å². The average Bonchev–Trinajstić information content (AvgIpc) is 2.37. The summed E-state index contributed by atoms with van der Waals surface area (Å²) in [5, 5.41) is 3.79. The second kappa shape index (κ2) is 9.79. The molecule has 0 amide bonds. The van der Waals surface area contributed by atoms with E-state index in [1.165, 1.54) is 7.11 Å². The molecule has 0 aliphatic rings. The first kappa shape index (κ1) is 21.7. The molecule has 132 valence electrons. The second-order valence-corrected chi connectivity index (χ2v) is 16.0. The Morgan fingerprint density at radius 2 is 1.50 bits per heavy atom. The summed E-state index contributed by atoms with van der Waals surface area (Å²) < 4.78 is 23.4. The molecule has 0 aliphatic carbocycles. The average molecular weight is 352 g/mol. The lowest BCUT2D eigenvalue weighted by atomic mass is 10.1. The third-order valence-corrected chi connectivity index (χ3v) is 4.78. The first-order valence-electron chi connectivity index (χ1n) is 7.48. The molecule has 0 radical (unpaired) electrons. The molecule has 0 aliphatic heterocycles. The van der Waals surface area contributed by atoms with Crippen LogP contribution in [0.1, 0.15) is 0 Å². The number of oxime groups is 1. The minimum absolute atomic E-state index is 0.211. The molecule has 0 heterocycles. The van der Waals surface area contributed by atoms with Gasteiger partial charge < -0.3 is 23.2 Å². The van der Waals surface area contributed by atoms with Gasteiger partial charge in [0, 0.05) is 14.2 Å². The van der Waals surface area contributed by atoms with Crippen LogP contribution < -0.4 is 0 Å². The van der Waals surface area contributed by atoms with Gasteiger partial charge in [-0.1, -0.05) is 5.16 Å². The highest BCUT2D eigenvalue weighted by atomic mass is 28.4. The Balaban J connectivity index is 5.16. The Morgan fingerprint density at radius 3 is 1.86 bits per heavy atom. The van der Waals surface area contributed by atoms with E-state index < -0.39 is 16.6 Å². The minimum atomic E-state index is -1.76. The molecular weight excluding hydrogens is 318 g/mol. The van der Waals surface area contributed by atoms with Crippen molar-refractivity contribution < 1.29 is 23.2 Å². The molecule has 8 heteroatoms. The van der Waals surface area contributed by atoms with Gasteiger partial charge in [0.05, 0.1) is 18.9 Å². The van der Waals surface area contributed by atoms with Crippen LogP contribution >= 0.6 is 0 Å². The van der Waals surface area contributed by atoms with E-state index in [0.29, 0.717) is 6.61 Å². The van der Waals surface area contributed by atoms with Crippen molar-refractivity contribution in [3.05, 3.63) is 0 Å². The highest BCUT2D eigenvalue weighted by Gasteiger charge is 2.34. The SMILES string of the molecule is CO/N=C\[C@H](OC)[C@H](OC)[C@@H](CO[Si](C)(C)C)O[Si](C)(C)C. The fourth-order valence-electron chi connectivity index (χ4n) is 1.88. The van der Waals surface area contributed by atoms with Gasteiger partial charge in [0.15, 0.2) is 16.6 Å². The molecule has 0 rings (SSSR count). The topological polar surface area (TPSA) is 58.5 Å². The maximum absolute atomic E-state index is 6.28. The number of methoxy groups -OCH3 is 2. The third-order valence-electron chi connectivity index (χ3n) is 2.73. The van der Waals surface area contributed by atoms with Crippen LogP contribution in [0.4, 0.5) is 0 Å². The normalized spacial score (nSPS) is 17.5. The fraction of sp³-hybridized carbons (Fsp3) is 0.929. The van der Waals surface area contributed by atoms with Crippen LogP contribution in [0, 0.1) is 0 Å². The van der Waals surface area contributed by atoms with E-state index in [9.17, 15) is 0 Å². The molecular formula is C14H33NO5Si2. The molecule has 6 nitrogen and oxygen atoms in total. The molecule has 0 saturated heterocycles. The van der Waals surface area contributed by atoms with E-state index >= 15 is 0 Å². The van der Waals surface area contributed by atoms with Gasteiger partial charge in [-0.15, -0.1) is 0 Å². The van der Waals surface area contributed by atoms with Crippen molar-refractivity contribution in [2.24, 2.45) is 5.16 Å². The first-order valence-corrected chi connectivity index (χ1v) is 14.3. The van der Waals surface area contributed by atoms with E-state index in [1.54, 1.807) is 20.4 Å². The van der Waals surface area contributed by atoms with Crippen LogP contribution in [-0.2, 0) is 23.2 Å². The van der Waals surface area contributed by atoms with Gasteiger partial charge in [0.2, 0.25) is 0 Å². The Hall–Kier alpha value is -0.256. The molecule has 22 heavy (non-hydrogen) atoms. The van der Waals surface area contributed by atoms with Gasteiger partial charge in [-0.3, -0.25) is 0 Å². The zero-order valence-corrected chi connectivity index (χ0v) is 17.5. The van der Waals surface area contributed by atoms with Gasteiger partial charge >= 0.3 is 0 Å². The number of hydrogen-bond donors (Lipinski definition) is 0. The van der Waals surface area contributed by atoms with Crippen LogP contribution in [0.5, 0.6) is 0 Å². The highest BCUT2D eigenvalue weighted by molar-refractivity contribution is 6.70. The summed E-state index contributed by atoms with van der Waals surface area (Å²) in [4.78, 5) is 4.74. The summed E-state index contributed by atoms with van der Waals surface area (Å²) in [5.74, 6) is 0. The zero-order chi connectivity index (χ0) is 17.4. The van der Waals surface area contributed by atoms with Crippen molar-refractivity contribution >= 4 is 22.8 Å². The standard InChI is InChI=1S/C14H33NO5Si2/c1-16-12(10-15-18-3)14(17-2)13(20-22(7,8)9)11-19-21(4,5)6/h10,12-14H,11H2,1-9H3/b15-10-/t12-,13+,14-/m0/s1. The minimum Gasteiger partial charge on any atom is -0.415 e. The van der Waals surface area contributed by atoms with Gasteiger partial charge in [-0.2, -0.15) is 0 Å². The first-order chi connectivity index (χ1) is 10.0. The summed E-state index contributed by atoms with van der Waals surface area (Å²) in [6.45, 7) is 13.4. The Kier molecular flexibility index (Phi) is 9.67. The van der Waals surface area contributed by atoms with E-state index in [2.05, 4.69) is 44.4 Å². The van der Waals surface area contributed by atoms with Gasteiger partial charge in [0.1, 0.15) is 19.3 Å². The number of rotatable bonds is 11. The lowest BCUT2D eigenvalue weighted by molar-refractivity contribution is -0.0764. The van der Waals surface area contributed by atoms with E-state index in [0.717, 1.165) is 0 Å². The number of ether oxygens (including phenoxy) is 2. The Bertz CT molecular complexity index is 328. The summed E-state index contributed by atoms with van der Waals surface area (Å²) in [5.41, 5.74) is 0. The monoisotopic (exact) mass is 351 g/mol. The molecule has 0 unspecified atom stereocenters. The second-order valence-electron chi connectivity index (χ2n) is 7.03. The maximum atomic E-state index is 6.28. The lowest BCUT2D eigenvalue weighted by Gasteiger charge is -2.35. The molecule has 0 N–H and O–H groups in total. The van der Waals surface area contributed by atoms with Gasteiger partial charge in [-0.05, 0) is 39.3 Å². The molecule has 0 saturated carbocycles. The molecule has 0 aromatic rings. The van der Waals surface area contributed by atoms with Crippen molar-refractivity contribution in [3.8, 4) is 0 Å². The third kappa shape index (κ3) is 9.70. The van der Waals surface area contributed by atoms with E-state index in [1.807, 2.05) is 0 Å². The zero-order valence-electron chi connectivity index (χ0n) is 15.5. The van der Waals surface area contributed by atoms with Crippen LogP contribution in [0.2, 0.25) is 39.3 Å². The summed E-state index contributed by atoms with van der Waals surface area (Å²) in [6.07, 6.45) is 0.698. The van der Waals surface area contributed by atoms with E-state index in [4.69, 9.17) is 23.2 Å². The van der Waals surface area contributed by atoms with Gasteiger partial charge in [-0.25, -0.2) is 0 Å². The van der Waals surface area contributed by atoms with Crippen molar-refractivity contribution in [3.63, 3.8) is 0 Å². The molecule has 0 bridgehead atoms. The molecule has 0 aromatic carbocycles. The predicted octanol–water partition coefficient (Wildman–Crippen LogP) is 2.72. The quantitative estimate of drug-likeness (QED) is 0.325. The van der Waals surface area contributed by atoms with Crippen LogP contribution in [0.25, 0.3) is 0 Å². The summed E-state index contributed by atoms with van der Waals surface area (Å²) in [6, 6.07) is 0. The maximum Gasteiger partial charge on any atom is 0.184 e. The smallest absolute Gasteiger partial charge is 0.184 e. The number of hydrogen-bond acceptors (Lipinski definition) is 6. The van der Waals surface area contributed by atoms with Gasteiger partial charge in [0.25, 0.3) is 0 Å². The van der Waals surface area contributed by atoms with Crippen molar-refractivity contribution in [1.82, 2.24) is 0 Å². The molecule has 3 atom stereocenters. The lowest BCUT2D eigenvalue weighted by Crippen LogP contribution is -2.50. The summed E-state index contributed by atoms with van der Waals surface area (Å²) >= 11 is 0. The highest BCUT2D eigenvalue weighted by Crippen LogP contribution is 2.18. The van der Waals surface area contributed by atoms with Crippen molar-refractivity contribution in [2.45, 2.75) is 57.6 Å². The largest absolute Gasteiger partial charge is 0.415 e. The predicted molar refractivity (Wildman–Crippen MR) is 94.6 cm³/mol. The van der Waals surface area contributed by atoms with Crippen LogP contribution in [-0.4, -0.2) is 69.1 Å². The Labute approximate surface area is 137 Å². The van der Waals surface area contributed by atoms with Crippen molar-refractivity contribution in [1.29, 1.82) is 0 Å². The fourth-order valence-corrected chi connectivity index (χ4v) is 3.65. The molecule has 0 aromatic heterocycles. The summed E-state index contributed by atoms with van der Waals surface area (Å²) in [7, 11) is 1.35. The number of nitrogens with zero attached hydrogens (tertiary/aromatic N) is 1. The van der Waals surface area contributed by atoms with Crippen LogP contribution in [0.15, 0.2) is 5.16 Å². The van der Waals surface area contributed by atoms with Crippen molar-refractivity contribution in [2.75, 3.05) is 27.9 Å². The van der Waals surface area contributed by atoms with Crippen LogP contribution in [0.3, 0.4) is 0 Å².